The molecule has 138 valence electrons. The Morgan fingerprint density at radius 1 is 1.38 bits per heavy atom. The van der Waals surface area contributed by atoms with Crippen molar-refractivity contribution >= 4 is 15.8 Å². The molecule has 1 aliphatic rings. The van der Waals surface area contributed by atoms with E-state index < -0.39 is 21.4 Å². The summed E-state index contributed by atoms with van der Waals surface area (Å²) in [6.07, 6.45) is 1.50. The number of sulfone groups is 1. The van der Waals surface area contributed by atoms with Crippen molar-refractivity contribution in [1.82, 2.24) is 14.9 Å². The first-order valence-electron chi connectivity index (χ1n) is 7.99. The Balaban J connectivity index is 1.84. The molecule has 0 unspecified atom stereocenters. The Bertz CT molecular complexity index is 1010. The van der Waals surface area contributed by atoms with Crippen molar-refractivity contribution in [3.8, 4) is 0 Å². The van der Waals surface area contributed by atoms with Gasteiger partial charge < -0.3 is 4.74 Å². The summed E-state index contributed by atoms with van der Waals surface area (Å²) < 4.78 is 28.1. The summed E-state index contributed by atoms with van der Waals surface area (Å²) in [4.78, 5) is 32.3. The molecule has 2 heterocycles. The van der Waals surface area contributed by atoms with Crippen LogP contribution in [0.4, 0.5) is 0 Å². The lowest BCUT2D eigenvalue weighted by atomic mass is 10.0. The van der Waals surface area contributed by atoms with E-state index in [0.29, 0.717) is 42.9 Å². The van der Waals surface area contributed by atoms with Gasteiger partial charge in [0.25, 0.3) is 5.56 Å². The van der Waals surface area contributed by atoms with Crippen LogP contribution in [-0.4, -0.2) is 49.2 Å². The molecule has 0 aliphatic carbocycles. The first-order valence-corrected chi connectivity index (χ1v) is 9.89. The van der Waals surface area contributed by atoms with Crippen molar-refractivity contribution in [1.29, 1.82) is 0 Å². The average molecular weight is 377 g/mol. The third kappa shape index (κ3) is 3.83. The standard InChI is InChI=1S/C17H19N3O5S/c1-25-16(22)12-5-3-4-11(8-12)9-20-7-6-13-14(10-20)18-17(19-15(13)21)26(2,23)24/h3-5,8H,6-7,9-10H2,1-2H3,(H,18,19,21). The van der Waals surface area contributed by atoms with E-state index >= 15 is 0 Å². The number of aromatic amines is 1. The lowest BCUT2D eigenvalue weighted by molar-refractivity contribution is 0.0600. The minimum absolute atomic E-state index is 0.309. The molecule has 0 spiro atoms. The lowest BCUT2D eigenvalue weighted by Crippen LogP contribution is -2.35. The highest BCUT2D eigenvalue weighted by Crippen LogP contribution is 2.18. The van der Waals surface area contributed by atoms with Gasteiger partial charge in [0, 0.05) is 31.5 Å². The van der Waals surface area contributed by atoms with Gasteiger partial charge in [-0.25, -0.2) is 18.2 Å². The second kappa shape index (κ2) is 7.00. The molecule has 0 amide bonds. The highest BCUT2D eigenvalue weighted by molar-refractivity contribution is 7.90. The van der Waals surface area contributed by atoms with E-state index in [2.05, 4.69) is 14.9 Å². The Morgan fingerprint density at radius 2 is 2.15 bits per heavy atom. The minimum Gasteiger partial charge on any atom is -0.465 e. The van der Waals surface area contributed by atoms with Crippen molar-refractivity contribution in [2.45, 2.75) is 24.7 Å². The third-order valence-electron chi connectivity index (χ3n) is 4.24. The van der Waals surface area contributed by atoms with Gasteiger partial charge in [-0.1, -0.05) is 12.1 Å². The summed E-state index contributed by atoms with van der Waals surface area (Å²) in [6.45, 7) is 1.55. The number of hydrogen-bond donors (Lipinski definition) is 1. The number of benzene rings is 1. The Hall–Kier alpha value is -2.52. The van der Waals surface area contributed by atoms with E-state index in [-0.39, 0.29) is 5.16 Å². The molecule has 0 fully saturated rings. The molecule has 1 aromatic carbocycles. The van der Waals surface area contributed by atoms with Crippen molar-refractivity contribution in [3.63, 3.8) is 0 Å². The zero-order valence-electron chi connectivity index (χ0n) is 14.5. The summed E-state index contributed by atoms with van der Waals surface area (Å²) in [5, 5.41) is -0.309. The zero-order valence-corrected chi connectivity index (χ0v) is 15.3. The van der Waals surface area contributed by atoms with Crippen LogP contribution in [0.25, 0.3) is 0 Å². The van der Waals surface area contributed by atoms with E-state index in [1.807, 2.05) is 6.07 Å². The van der Waals surface area contributed by atoms with Gasteiger partial charge in [-0.05, 0) is 24.1 Å². The number of H-pyrrole nitrogens is 1. The fourth-order valence-electron chi connectivity index (χ4n) is 2.95. The van der Waals surface area contributed by atoms with Crippen LogP contribution in [0, 0.1) is 0 Å². The molecular formula is C17H19N3O5S. The maximum Gasteiger partial charge on any atom is 0.337 e. The third-order valence-corrected chi connectivity index (χ3v) is 5.13. The number of carbonyl (C=O) groups excluding carboxylic acids is 1. The fourth-order valence-corrected chi connectivity index (χ4v) is 3.51. The number of methoxy groups -OCH3 is 1. The number of ether oxygens (including phenoxy) is 1. The van der Waals surface area contributed by atoms with E-state index in [1.165, 1.54) is 7.11 Å². The molecule has 0 saturated heterocycles. The Kier molecular flexibility index (Phi) is 4.92. The molecule has 0 bridgehead atoms. The van der Waals surface area contributed by atoms with Gasteiger partial charge in [0.2, 0.25) is 15.0 Å². The predicted octanol–water partition coefficient (Wildman–Crippen LogP) is 0.518. The molecule has 9 heteroatoms. The lowest BCUT2D eigenvalue weighted by Gasteiger charge is -2.27. The minimum atomic E-state index is -3.59. The van der Waals surface area contributed by atoms with E-state index in [9.17, 15) is 18.0 Å². The van der Waals surface area contributed by atoms with Gasteiger partial charge in [-0.3, -0.25) is 14.7 Å². The van der Waals surface area contributed by atoms with E-state index in [4.69, 9.17) is 4.74 Å². The van der Waals surface area contributed by atoms with Gasteiger partial charge in [0.1, 0.15) is 0 Å². The predicted molar refractivity (Wildman–Crippen MR) is 93.6 cm³/mol. The number of aromatic nitrogens is 2. The summed E-state index contributed by atoms with van der Waals surface area (Å²) in [5.41, 5.74) is 1.99. The molecule has 1 aliphatic heterocycles. The monoisotopic (exact) mass is 377 g/mol. The van der Waals surface area contributed by atoms with Crippen LogP contribution in [0.1, 0.15) is 27.2 Å². The van der Waals surface area contributed by atoms with Crippen molar-refractivity contribution in [2.24, 2.45) is 0 Å². The first kappa shape index (κ1) is 18.3. The number of fused-ring (bicyclic) bond motifs is 1. The van der Waals surface area contributed by atoms with E-state index in [1.54, 1.807) is 18.2 Å². The maximum absolute atomic E-state index is 12.1. The molecule has 1 N–H and O–H groups in total. The molecule has 0 saturated carbocycles. The Morgan fingerprint density at radius 3 is 2.85 bits per heavy atom. The maximum atomic E-state index is 12.1. The van der Waals surface area contributed by atoms with Gasteiger partial charge in [-0.15, -0.1) is 0 Å². The van der Waals surface area contributed by atoms with Crippen LogP contribution < -0.4 is 5.56 Å². The molecule has 2 aromatic rings. The molecule has 26 heavy (non-hydrogen) atoms. The summed E-state index contributed by atoms with van der Waals surface area (Å²) in [7, 11) is -2.26. The first-order chi connectivity index (χ1) is 12.3. The molecule has 3 rings (SSSR count). The number of carbonyl (C=O) groups is 1. The molecule has 0 atom stereocenters. The van der Waals surface area contributed by atoms with Crippen LogP contribution in [0.2, 0.25) is 0 Å². The highest BCUT2D eigenvalue weighted by atomic mass is 32.2. The largest absolute Gasteiger partial charge is 0.465 e. The second-order valence-electron chi connectivity index (χ2n) is 6.22. The fraction of sp³-hybridized carbons (Fsp3) is 0.353. The quantitative estimate of drug-likeness (QED) is 0.611. The van der Waals surface area contributed by atoms with Crippen molar-refractivity contribution < 1.29 is 17.9 Å². The highest BCUT2D eigenvalue weighted by Gasteiger charge is 2.23. The number of nitrogens with one attached hydrogen (secondary N) is 1. The summed E-state index contributed by atoms with van der Waals surface area (Å²) >= 11 is 0. The summed E-state index contributed by atoms with van der Waals surface area (Å²) in [5.74, 6) is -0.401. The van der Waals surface area contributed by atoms with Crippen molar-refractivity contribution in [2.75, 3.05) is 19.9 Å². The number of hydrogen-bond acceptors (Lipinski definition) is 7. The van der Waals surface area contributed by atoms with Crippen LogP contribution in [-0.2, 0) is 34.1 Å². The molecular weight excluding hydrogens is 358 g/mol. The normalized spacial score (nSPS) is 14.7. The van der Waals surface area contributed by atoms with Crippen LogP contribution >= 0.6 is 0 Å². The zero-order chi connectivity index (χ0) is 18.9. The van der Waals surface area contributed by atoms with Gasteiger partial charge in [0.05, 0.1) is 18.4 Å². The number of rotatable bonds is 4. The number of nitrogens with zero attached hydrogens (tertiary/aromatic N) is 2. The average Bonchev–Trinajstić information content (AvgIpc) is 2.60. The number of esters is 1. The molecule has 8 nitrogen and oxygen atoms in total. The topological polar surface area (TPSA) is 109 Å². The van der Waals surface area contributed by atoms with Gasteiger partial charge in [-0.2, -0.15) is 0 Å². The molecule has 1 aromatic heterocycles. The second-order valence-corrected chi connectivity index (χ2v) is 8.15. The summed E-state index contributed by atoms with van der Waals surface area (Å²) in [6, 6.07) is 7.12. The van der Waals surface area contributed by atoms with Gasteiger partial charge >= 0.3 is 5.97 Å². The Labute approximate surface area is 150 Å². The van der Waals surface area contributed by atoms with E-state index in [0.717, 1.165) is 11.8 Å². The SMILES string of the molecule is COC(=O)c1cccc(CN2CCc3c(nc(S(C)(=O)=O)[nH]c3=O)C2)c1. The van der Waals surface area contributed by atoms with Crippen LogP contribution in [0.15, 0.2) is 34.2 Å². The smallest absolute Gasteiger partial charge is 0.337 e. The van der Waals surface area contributed by atoms with Crippen LogP contribution in [0.3, 0.4) is 0 Å². The van der Waals surface area contributed by atoms with Crippen LogP contribution in [0.5, 0.6) is 0 Å². The van der Waals surface area contributed by atoms with Crippen molar-refractivity contribution in [3.05, 3.63) is 57.0 Å². The molecule has 0 radical (unpaired) electrons. The van der Waals surface area contributed by atoms with Gasteiger partial charge in [0.15, 0.2) is 0 Å².